The fourth-order valence-electron chi connectivity index (χ4n) is 2.75. The first-order valence-electron chi connectivity index (χ1n) is 7.16. The van der Waals surface area contributed by atoms with Gasteiger partial charge >= 0.3 is 0 Å². The number of hydrogen-bond acceptors (Lipinski definition) is 3. The second-order valence-corrected chi connectivity index (χ2v) is 7.15. The van der Waals surface area contributed by atoms with Gasteiger partial charge in [0.05, 0.1) is 11.6 Å². The third kappa shape index (κ3) is 2.93. The van der Waals surface area contributed by atoms with Crippen LogP contribution < -0.4 is 0 Å². The zero-order valence-electron chi connectivity index (χ0n) is 12.7. The highest BCUT2D eigenvalue weighted by molar-refractivity contribution is 14.1. The Morgan fingerprint density at radius 1 is 1.08 bits per heavy atom. The molecule has 1 N–H and O–H groups in total. The summed E-state index contributed by atoms with van der Waals surface area (Å²) in [6, 6.07) is 13.4. The SMILES string of the molecule is CN1C(=O)C(=O)C(=C(O)c2ccc(Cl)cc2)[C@H]1c1ccc(I)cc1. The molecule has 1 atom stereocenters. The molecule has 0 saturated carbocycles. The number of ketones is 1. The number of rotatable bonds is 2. The van der Waals surface area contributed by atoms with E-state index in [9.17, 15) is 14.7 Å². The Hall–Kier alpha value is -1.86. The Kier molecular flexibility index (Phi) is 4.64. The Balaban J connectivity index is 2.16. The summed E-state index contributed by atoms with van der Waals surface area (Å²) in [5.41, 5.74) is 1.31. The van der Waals surface area contributed by atoms with E-state index in [4.69, 9.17) is 11.6 Å². The summed E-state index contributed by atoms with van der Waals surface area (Å²) < 4.78 is 1.04. The van der Waals surface area contributed by atoms with E-state index < -0.39 is 17.7 Å². The van der Waals surface area contributed by atoms with Gasteiger partial charge in [0.25, 0.3) is 11.7 Å². The zero-order chi connectivity index (χ0) is 17.4. The van der Waals surface area contributed by atoms with E-state index >= 15 is 0 Å². The number of likely N-dealkylation sites (tertiary alicyclic amines) is 1. The second-order valence-electron chi connectivity index (χ2n) is 5.47. The first-order valence-corrected chi connectivity index (χ1v) is 8.62. The van der Waals surface area contributed by atoms with Crippen LogP contribution in [0.3, 0.4) is 0 Å². The molecule has 2 aromatic carbocycles. The van der Waals surface area contributed by atoms with Crippen LogP contribution in [0.4, 0.5) is 0 Å². The summed E-state index contributed by atoms with van der Waals surface area (Å²) >= 11 is 8.05. The molecule has 4 nitrogen and oxygen atoms in total. The van der Waals surface area contributed by atoms with Crippen LogP contribution in [0.2, 0.25) is 5.02 Å². The van der Waals surface area contributed by atoms with Crippen molar-refractivity contribution in [2.45, 2.75) is 6.04 Å². The number of Topliss-reactive ketones (excluding diaryl/α,β-unsaturated/α-hetero) is 1. The molecule has 1 heterocycles. The van der Waals surface area contributed by atoms with E-state index in [1.807, 2.05) is 24.3 Å². The number of aliphatic hydroxyl groups is 1. The van der Waals surface area contributed by atoms with E-state index in [0.29, 0.717) is 10.6 Å². The van der Waals surface area contributed by atoms with Gasteiger partial charge in [0.1, 0.15) is 5.76 Å². The summed E-state index contributed by atoms with van der Waals surface area (Å²) in [4.78, 5) is 25.9. The van der Waals surface area contributed by atoms with E-state index in [-0.39, 0.29) is 11.3 Å². The van der Waals surface area contributed by atoms with Crippen LogP contribution in [0.1, 0.15) is 17.2 Å². The van der Waals surface area contributed by atoms with Crippen molar-refractivity contribution in [1.29, 1.82) is 0 Å². The van der Waals surface area contributed by atoms with Crippen molar-refractivity contribution in [3.8, 4) is 0 Å². The molecule has 1 aliphatic rings. The number of carbonyl (C=O) groups is 2. The van der Waals surface area contributed by atoms with Crippen LogP contribution in [0, 0.1) is 3.57 Å². The minimum atomic E-state index is -0.687. The molecule has 122 valence electrons. The lowest BCUT2D eigenvalue weighted by Crippen LogP contribution is -2.24. The van der Waals surface area contributed by atoms with Crippen molar-refractivity contribution in [3.05, 3.63) is 73.8 Å². The van der Waals surface area contributed by atoms with Crippen LogP contribution in [-0.4, -0.2) is 28.7 Å². The lowest BCUT2D eigenvalue weighted by Gasteiger charge is -2.21. The van der Waals surface area contributed by atoms with E-state index in [2.05, 4.69) is 22.6 Å². The predicted octanol–water partition coefficient (Wildman–Crippen LogP) is 4.00. The van der Waals surface area contributed by atoms with Gasteiger partial charge in [-0.15, -0.1) is 0 Å². The van der Waals surface area contributed by atoms with E-state index in [1.165, 1.54) is 4.90 Å². The number of likely N-dealkylation sites (N-methyl/N-ethyl adjacent to an activating group) is 1. The second kappa shape index (κ2) is 6.57. The molecule has 0 bridgehead atoms. The number of benzene rings is 2. The van der Waals surface area contributed by atoms with Crippen molar-refractivity contribution in [2.75, 3.05) is 7.05 Å². The Morgan fingerprint density at radius 2 is 1.67 bits per heavy atom. The summed E-state index contributed by atoms with van der Waals surface area (Å²) in [6.07, 6.45) is 0. The lowest BCUT2D eigenvalue weighted by molar-refractivity contribution is -0.139. The van der Waals surface area contributed by atoms with Gasteiger partial charge in [-0.25, -0.2) is 0 Å². The van der Waals surface area contributed by atoms with Gasteiger partial charge in [-0.1, -0.05) is 23.7 Å². The minimum absolute atomic E-state index is 0.0889. The quantitative estimate of drug-likeness (QED) is 0.324. The van der Waals surface area contributed by atoms with Gasteiger partial charge in [-0.05, 0) is 64.6 Å². The first-order chi connectivity index (χ1) is 11.4. The molecule has 1 aliphatic heterocycles. The number of hydrogen-bond donors (Lipinski definition) is 1. The molecule has 0 aromatic heterocycles. The van der Waals surface area contributed by atoms with Gasteiger partial charge < -0.3 is 10.0 Å². The maximum absolute atomic E-state index is 12.4. The summed E-state index contributed by atoms with van der Waals surface area (Å²) in [5, 5.41) is 11.2. The summed E-state index contributed by atoms with van der Waals surface area (Å²) in [6.45, 7) is 0. The Bertz CT molecular complexity index is 844. The predicted molar refractivity (Wildman–Crippen MR) is 101 cm³/mol. The van der Waals surface area contributed by atoms with E-state index in [1.54, 1.807) is 31.3 Å². The van der Waals surface area contributed by atoms with Crippen LogP contribution in [0.25, 0.3) is 5.76 Å². The van der Waals surface area contributed by atoms with Gasteiger partial charge in [-0.3, -0.25) is 9.59 Å². The van der Waals surface area contributed by atoms with Crippen LogP contribution in [-0.2, 0) is 9.59 Å². The largest absolute Gasteiger partial charge is 0.507 e. The van der Waals surface area contributed by atoms with Crippen LogP contribution in [0.5, 0.6) is 0 Å². The molecule has 3 rings (SSSR count). The van der Waals surface area contributed by atoms with Gasteiger partial charge in [0, 0.05) is 21.2 Å². The average Bonchev–Trinajstić information content (AvgIpc) is 2.80. The molecular formula is C18H13ClINO3. The molecule has 0 radical (unpaired) electrons. The standard InChI is InChI=1S/C18H13ClINO3/c1-21-15(10-4-8-13(20)9-5-10)14(17(23)18(21)24)16(22)11-2-6-12(19)7-3-11/h2-9,15,22H,1H3/t15-/m1/s1. The number of nitrogens with zero attached hydrogens (tertiary/aromatic N) is 1. The normalized spacial score (nSPS) is 19.8. The molecule has 2 aromatic rings. The molecule has 0 unspecified atom stereocenters. The van der Waals surface area contributed by atoms with Gasteiger partial charge in [0.2, 0.25) is 0 Å². The fourth-order valence-corrected chi connectivity index (χ4v) is 3.23. The molecule has 24 heavy (non-hydrogen) atoms. The smallest absolute Gasteiger partial charge is 0.295 e. The first kappa shape index (κ1) is 17.0. The van der Waals surface area contributed by atoms with Crippen LogP contribution in [0.15, 0.2) is 54.1 Å². The lowest BCUT2D eigenvalue weighted by atomic mass is 9.95. The Morgan fingerprint density at radius 3 is 2.25 bits per heavy atom. The molecular weight excluding hydrogens is 441 g/mol. The highest BCUT2D eigenvalue weighted by atomic mass is 127. The van der Waals surface area contributed by atoms with Gasteiger partial charge in [0.15, 0.2) is 0 Å². The maximum atomic E-state index is 12.4. The monoisotopic (exact) mass is 453 g/mol. The summed E-state index contributed by atoms with van der Waals surface area (Å²) in [7, 11) is 1.56. The zero-order valence-corrected chi connectivity index (χ0v) is 15.6. The molecule has 1 fully saturated rings. The third-order valence-corrected chi connectivity index (χ3v) is 4.95. The van der Waals surface area contributed by atoms with Gasteiger partial charge in [-0.2, -0.15) is 0 Å². The highest BCUT2D eigenvalue weighted by Crippen LogP contribution is 2.38. The van der Waals surface area contributed by atoms with Crippen molar-refractivity contribution >= 4 is 51.6 Å². The topological polar surface area (TPSA) is 57.6 Å². The van der Waals surface area contributed by atoms with Crippen molar-refractivity contribution < 1.29 is 14.7 Å². The number of amides is 1. The van der Waals surface area contributed by atoms with Crippen molar-refractivity contribution in [2.24, 2.45) is 0 Å². The number of carbonyl (C=O) groups excluding carboxylic acids is 2. The third-order valence-electron chi connectivity index (χ3n) is 3.98. The highest BCUT2D eigenvalue weighted by Gasteiger charge is 2.44. The average molecular weight is 454 g/mol. The molecule has 6 heteroatoms. The molecule has 0 aliphatic carbocycles. The fraction of sp³-hybridized carbons (Fsp3) is 0.111. The molecule has 1 saturated heterocycles. The summed E-state index contributed by atoms with van der Waals surface area (Å²) in [5.74, 6) is -1.51. The number of aliphatic hydroxyl groups excluding tert-OH is 1. The van der Waals surface area contributed by atoms with Crippen molar-refractivity contribution in [3.63, 3.8) is 0 Å². The molecule has 0 spiro atoms. The Labute approximate surface area is 157 Å². The molecule has 1 amide bonds. The van der Waals surface area contributed by atoms with Crippen LogP contribution >= 0.6 is 34.2 Å². The number of halogens is 2. The van der Waals surface area contributed by atoms with E-state index in [0.717, 1.165) is 9.13 Å². The maximum Gasteiger partial charge on any atom is 0.295 e. The minimum Gasteiger partial charge on any atom is -0.507 e. The van der Waals surface area contributed by atoms with Crippen molar-refractivity contribution in [1.82, 2.24) is 4.90 Å².